The van der Waals surface area contributed by atoms with Crippen LogP contribution >= 0.6 is 0 Å². The number of rotatable bonds is 3. The van der Waals surface area contributed by atoms with Crippen LogP contribution in [-0.2, 0) is 0 Å². The molecule has 0 radical (unpaired) electrons. The average Bonchev–Trinajstić information content (AvgIpc) is 2.18. The maximum atomic E-state index is 3.65. The van der Waals surface area contributed by atoms with Gasteiger partial charge < -0.3 is 5.32 Å². The van der Waals surface area contributed by atoms with E-state index in [1.807, 2.05) is 0 Å². The molecule has 0 bridgehead atoms. The largest absolute Gasteiger partial charge is 0.311 e. The minimum Gasteiger partial charge on any atom is -0.311 e. The predicted octanol–water partition coefficient (Wildman–Crippen LogP) is 2.25. The van der Waals surface area contributed by atoms with Crippen LogP contribution in [0.3, 0.4) is 0 Å². The van der Waals surface area contributed by atoms with E-state index in [0.717, 1.165) is 6.54 Å². The highest BCUT2D eigenvalue weighted by atomic mass is 15.3. The highest BCUT2D eigenvalue weighted by Crippen LogP contribution is 2.25. The van der Waals surface area contributed by atoms with Crippen LogP contribution < -0.4 is 5.32 Å². The SMILES string of the molecule is CCC1CN(C(C)C)C(C)(CC)CN1. The zero-order valence-electron chi connectivity index (χ0n) is 10.4. The summed E-state index contributed by atoms with van der Waals surface area (Å²) in [6, 6.07) is 1.35. The number of piperazine rings is 1. The minimum atomic E-state index is 0.361. The van der Waals surface area contributed by atoms with Crippen LogP contribution in [0.4, 0.5) is 0 Å². The summed E-state index contributed by atoms with van der Waals surface area (Å²) in [5, 5.41) is 3.65. The first-order chi connectivity index (χ1) is 6.53. The molecule has 1 saturated heterocycles. The van der Waals surface area contributed by atoms with Crippen molar-refractivity contribution in [3.63, 3.8) is 0 Å². The van der Waals surface area contributed by atoms with Crippen LogP contribution in [0.5, 0.6) is 0 Å². The number of hydrogen-bond donors (Lipinski definition) is 1. The van der Waals surface area contributed by atoms with E-state index in [1.165, 1.54) is 19.4 Å². The number of hydrogen-bond acceptors (Lipinski definition) is 2. The van der Waals surface area contributed by atoms with E-state index in [4.69, 9.17) is 0 Å². The van der Waals surface area contributed by atoms with Gasteiger partial charge >= 0.3 is 0 Å². The summed E-state index contributed by atoms with van der Waals surface area (Å²) in [5.41, 5.74) is 0.361. The Kier molecular flexibility index (Phi) is 3.96. The van der Waals surface area contributed by atoms with Crippen LogP contribution in [0.2, 0.25) is 0 Å². The molecule has 2 unspecified atom stereocenters. The molecular weight excluding hydrogens is 172 g/mol. The Morgan fingerprint density at radius 1 is 1.43 bits per heavy atom. The summed E-state index contributed by atoms with van der Waals surface area (Å²) in [5.74, 6) is 0. The van der Waals surface area contributed by atoms with Gasteiger partial charge in [0, 0.05) is 30.7 Å². The molecule has 1 rings (SSSR count). The summed E-state index contributed by atoms with van der Waals surface area (Å²) >= 11 is 0. The fourth-order valence-corrected chi connectivity index (χ4v) is 2.42. The number of nitrogens with zero attached hydrogens (tertiary/aromatic N) is 1. The molecule has 1 fully saturated rings. The Balaban J connectivity index is 2.70. The third-order valence-electron chi connectivity index (χ3n) is 3.76. The van der Waals surface area contributed by atoms with Gasteiger partial charge in [-0.25, -0.2) is 0 Å². The Labute approximate surface area is 89.1 Å². The first-order valence-electron chi connectivity index (χ1n) is 6.03. The monoisotopic (exact) mass is 198 g/mol. The zero-order valence-corrected chi connectivity index (χ0v) is 10.4. The second-order valence-electron chi connectivity index (χ2n) is 5.08. The third-order valence-corrected chi connectivity index (χ3v) is 3.76. The van der Waals surface area contributed by atoms with Crippen molar-refractivity contribution in [1.29, 1.82) is 0 Å². The molecule has 0 amide bonds. The molecule has 1 aliphatic heterocycles. The molecule has 1 aliphatic rings. The molecule has 2 nitrogen and oxygen atoms in total. The number of nitrogens with one attached hydrogen (secondary N) is 1. The smallest absolute Gasteiger partial charge is 0.0306 e. The van der Waals surface area contributed by atoms with Crippen molar-refractivity contribution in [3.8, 4) is 0 Å². The van der Waals surface area contributed by atoms with E-state index < -0.39 is 0 Å². The summed E-state index contributed by atoms with van der Waals surface area (Å²) in [6.07, 6.45) is 2.47. The molecule has 2 atom stereocenters. The average molecular weight is 198 g/mol. The Hall–Kier alpha value is -0.0800. The van der Waals surface area contributed by atoms with Gasteiger partial charge in [-0.05, 0) is 33.6 Å². The van der Waals surface area contributed by atoms with E-state index in [9.17, 15) is 0 Å². The van der Waals surface area contributed by atoms with Crippen LogP contribution in [-0.4, -0.2) is 35.6 Å². The molecule has 0 aromatic carbocycles. The summed E-state index contributed by atoms with van der Waals surface area (Å²) in [4.78, 5) is 2.66. The van der Waals surface area contributed by atoms with Crippen molar-refractivity contribution in [1.82, 2.24) is 10.2 Å². The molecule has 0 spiro atoms. The van der Waals surface area contributed by atoms with Crippen molar-refractivity contribution in [2.75, 3.05) is 13.1 Å². The van der Waals surface area contributed by atoms with Crippen LogP contribution in [0.1, 0.15) is 47.5 Å². The Bertz CT molecular complexity index is 179. The molecule has 0 aromatic rings. The minimum absolute atomic E-state index is 0.361. The second-order valence-corrected chi connectivity index (χ2v) is 5.08. The van der Waals surface area contributed by atoms with Crippen molar-refractivity contribution in [2.45, 2.75) is 65.1 Å². The van der Waals surface area contributed by atoms with Crippen LogP contribution in [0, 0.1) is 0 Å². The van der Waals surface area contributed by atoms with E-state index in [1.54, 1.807) is 0 Å². The van der Waals surface area contributed by atoms with Gasteiger partial charge in [-0.3, -0.25) is 4.90 Å². The van der Waals surface area contributed by atoms with Gasteiger partial charge in [-0.15, -0.1) is 0 Å². The first-order valence-corrected chi connectivity index (χ1v) is 6.03. The second kappa shape index (κ2) is 4.63. The molecule has 84 valence electrons. The maximum Gasteiger partial charge on any atom is 0.0306 e. The van der Waals surface area contributed by atoms with Gasteiger partial charge in [0.1, 0.15) is 0 Å². The maximum absolute atomic E-state index is 3.65. The molecule has 1 N–H and O–H groups in total. The molecule has 0 aromatic heterocycles. The van der Waals surface area contributed by atoms with Crippen LogP contribution in [0.25, 0.3) is 0 Å². The normalized spacial score (nSPS) is 35.1. The Morgan fingerprint density at radius 3 is 2.50 bits per heavy atom. The van der Waals surface area contributed by atoms with Crippen molar-refractivity contribution in [3.05, 3.63) is 0 Å². The van der Waals surface area contributed by atoms with Gasteiger partial charge in [-0.1, -0.05) is 13.8 Å². The lowest BCUT2D eigenvalue weighted by Gasteiger charge is -2.50. The summed E-state index contributed by atoms with van der Waals surface area (Å²) < 4.78 is 0. The van der Waals surface area contributed by atoms with Gasteiger partial charge in [-0.2, -0.15) is 0 Å². The molecule has 1 heterocycles. The third kappa shape index (κ3) is 2.29. The standard InChI is InChI=1S/C12H26N2/c1-6-11-8-14(10(3)4)12(5,7-2)9-13-11/h10-11,13H,6-9H2,1-5H3. The summed E-state index contributed by atoms with van der Waals surface area (Å²) in [6.45, 7) is 13.9. The highest BCUT2D eigenvalue weighted by molar-refractivity contribution is 4.96. The Morgan fingerprint density at radius 2 is 2.07 bits per heavy atom. The lowest BCUT2D eigenvalue weighted by Crippen LogP contribution is -2.64. The molecule has 0 saturated carbocycles. The lowest BCUT2D eigenvalue weighted by molar-refractivity contribution is 0.0215. The van der Waals surface area contributed by atoms with E-state index in [-0.39, 0.29) is 0 Å². The first kappa shape index (κ1) is 12.0. The zero-order chi connectivity index (χ0) is 10.8. The van der Waals surface area contributed by atoms with E-state index in [0.29, 0.717) is 17.6 Å². The van der Waals surface area contributed by atoms with Crippen molar-refractivity contribution >= 4 is 0 Å². The van der Waals surface area contributed by atoms with Gasteiger partial charge in [0.15, 0.2) is 0 Å². The van der Waals surface area contributed by atoms with E-state index in [2.05, 4.69) is 44.8 Å². The lowest BCUT2D eigenvalue weighted by atomic mass is 9.90. The van der Waals surface area contributed by atoms with E-state index >= 15 is 0 Å². The molecule has 0 aliphatic carbocycles. The van der Waals surface area contributed by atoms with Crippen molar-refractivity contribution in [2.24, 2.45) is 0 Å². The molecular formula is C12H26N2. The fourth-order valence-electron chi connectivity index (χ4n) is 2.42. The molecule has 2 heteroatoms. The van der Waals surface area contributed by atoms with Crippen molar-refractivity contribution < 1.29 is 0 Å². The quantitative estimate of drug-likeness (QED) is 0.748. The van der Waals surface area contributed by atoms with Gasteiger partial charge in [0.2, 0.25) is 0 Å². The summed E-state index contributed by atoms with van der Waals surface area (Å²) in [7, 11) is 0. The van der Waals surface area contributed by atoms with Gasteiger partial charge in [0.25, 0.3) is 0 Å². The highest BCUT2D eigenvalue weighted by Gasteiger charge is 2.36. The van der Waals surface area contributed by atoms with Gasteiger partial charge in [0.05, 0.1) is 0 Å². The molecule has 14 heavy (non-hydrogen) atoms. The predicted molar refractivity (Wildman–Crippen MR) is 62.6 cm³/mol. The van der Waals surface area contributed by atoms with Crippen LogP contribution in [0.15, 0.2) is 0 Å². The fraction of sp³-hybridized carbons (Fsp3) is 1.00. The topological polar surface area (TPSA) is 15.3 Å².